The van der Waals surface area contributed by atoms with Crippen molar-refractivity contribution in [2.45, 2.75) is 45.7 Å². The van der Waals surface area contributed by atoms with E-state index in [9.17, 15) is 9.59 Å². The van der Waals surface area contributed by atoms with Gasteiger partial charge in [0.15, 0.2) is 0 Å². The topological polar surface area (TPSA) is 49.9 Å². The van der Waals surface area contributed by atoms with Crippen LogP contribution in [0.4, 0.5) is 11.4 Å². The minimum atomic E-state index is -0.148. The third kappa shape index (κ3) is 4.49. The van der Waals surface area contributed by atoms with E-state index in [1.165, 1.54) is 0 Å². The van der Waals surface area contributed by atoms with Crippen molar-refractivity contribution in [2.75, 3.05) is 16.4 Å². The van der Waals surface area contributed by atoms with Crippen LogP contribution in [0.15, 0.2) is 78.9 Å². The lowest BCUT2D eigenvalue weighted by molar-refractivity contribution is -0.118. The van der Waals surface area contributed by atoms with Gasteiger partial charge in [-0.3, -0.25) is 9.59 Å². The van der Waals surface area contributed by atoms with Crippen LogP contribution in [0.3, 0.4) is 0 Å². The van der Waals surface area contributed by atoms with Gasteiger partial charge in [0.2, 0.25) is 5.91 Å². The number of anilines is 2. The van der Waals surface area contributed by atoms with E-state index in [-0.39, 0.29) is 23.9 Å². The first-order valence-corrected chi connectivity index (χ1v) is 11.6. The molecule has 1 aliphatic heterocycles. The molecule has 0 radical (unpaired) electrons. The summed E-state index contributed by atoms with van der Waals surface area (Å²) in [5.74, 6) is 0.684. The number of benzene rings is 3. The van der Waals surface area contributed by atoms with E-state index in [0.717, 1.165) is 16.9 Å². The van der Waals surface area contributed by atoms with Gasteiger partial charge in [0.25, 0.3) is 5.91 Å². The highest BCUT2D eigenvalue weighted by Gasteiger charge is 2.38. The Kier molecular flexibility index (Phi) is 6.78. The van der Waals surface area contributed by atoms with Gasteiger partial charge in [0.1, 0.15) is 5.75 Å². The maximum Gasteiger partial charge on any atom is 0.258 e. The summed E-state index contributed by atoms with van der Waals surface area (Å²) in [6.45, 7) is 6.40. The number of para-hydroxylation sites is 2. The van der Waals surface area contributed by atoms with Crippen LogP contribution < -0.4 is 14.5 Å². The normalized spacial score (nSPS) is 17.2. The Bertz CT molecular complexity index is 1130. The van der Waals surface area contributed by atoms with E-state index >= 15 is 0 Å². The van der Waals surface area contributed by atoms with Crippen molar-refractivity contribution >= 4 is 23.2 Å². The maximum absolute atomic E-state index is 13.7. The molecule has 0 N–H and O–H groups in total. The van der Waals surface area contributed by atoms with Crippen molar-refractivity contribution in [1.82, 2.24) is 0 Å². The Labute approximate surface area is 195 Å². The summed E-state index contributed by atoms with van der Waals surface area (Å²) < 4.78 is 5.60. The number of nitrogens with zero attached hydrogens (tertiary/aromatic N) is 2. The zero-order valence-corrected chi connectivity index (χ0v) is 19.4. The smallest absolute Gasteiger partial charge is 0.258 e. The van der Waals surface area contributed by atoms with Crippen LogP contribution in [0.2, 0.25) is 0 Å². The molecule has 3 aromatic carbocycles. The molecule has 0 saturated heterocycles. The molecule has 4 rings (SSSR count). The molecule has 0 aromatic heterocycles. The molecule has 5 nitrogen and oxygen atoms in total. The molecular formula is C28H30N2O3. The molecule has 2 atom stereocenters. The second kappa shape index (κ2) is 9.90. The highest BCUT2D eigenvalue weighted by atomic mass is 16.5. The van der Waals surface area contributed by atoms with E-state index in [0.29, 0.717) is 30.8 Å². The molecule has 0 fully saturated rings. The van der Waals surface area contributed by atoms with Crippen molar-refractivity contribution in [3.05, 3.63) is 90.0 Å². The van der Waals surface area contributed by atoms with Crippen LogP contribution >= 0.6 is 0 Å². The second-order valence-electron chi connectivity index (χ2n) is 8.25. The molecular weight excluding hydrogens is 412 g/mol. The lowest BCUT2D eigenvalue weighted by Gasteiger charge is -2.43. The summed E-state index contributed by atoms with van der Waals surface area (Å²) in [7, 11) is 0. The van der Waals surface area contributed by atoms with Crippen LogP contribution in [-0.4, -0.2) is 24.5 Å². The summed E-state index contributed by atoms with van der Waals surface area (Å²) in [4.78, 5) is 30.5. The zero-order chi connectivity index (χ0) is 23.4. The molecule has 33 heavy (non-hydrogen) atoms. The van der Waals surface area contributed by atoms with Crippen LogP contribution in [0.25, 0.3) is 0 Å². The number of hydrogen-bond donors (Lipinski definition) is 0. The van der Waals surface area contributed by atoms with Crippen molar-refractivity contribution < 1.29 is 14.3 Å². The van der Waals surface area contributed by atoms with E-state index in [2.05, 4.69) is 0 Å². The number of carbonyl (C=O) groups is 2. The Morgan fingerprint density at radius 3 is 2.42 bits per heavy atom. The fourth-order valence-corrected chi connectivity index (χ4v) is 4.62. The average Bonchev–Trinajstić information content (AvgIpc) is 2.85. The Hall–Kier alpha value is -3.60. The lowest BCUT2D eigenvalue weighted by atomic mass is 9.89. The quantitative estimate of drug-likeness (QED) is 0.470. The molecule has 0 spiro atoms. The molecule has 1 heterocycles. The highest BCUT2D eigenvalue weighted by molar-refractivity contribution is 6.08. The van der Waals surface area contributed by atoms with Crippen molar-refractivity contribution in [3.8, 4) is 5.75 Å². The van der Waals surface area contributed by atoms with Crippen LogP contribution in [0, 0.1) is 0 Å². The van der Waals surface area contributed by atoms with Crippen molar-refractivity contribution in [1.29, 1.82) is 0 Å². The van der Waals surface area contributed by atoms with Gasteiger partial charge >= 0.3 is 0 Å². The molecule has 0 saturated carbocycles. The predicted octanol–water partition coefficient (Wildman–Crippen LogP) is 6.01. The van der Waals surface area contributed by atoms with Gasteiger partial charge in [-0.25, -0.2) is 0 Å². The van der Waals surface area contributed by atoms with Crippen LogP contribution in [0.1, 0.15) is 55.6 Å². The van der Waals surface area contributed by atoms with E-state index < -0.39 is 0 Å². The highest BCUT2D eigenvalue weighted by Crippen LogP contribution is 2.43. The monoisotopic (exact) mass is 442 g/mol. The Morgan fingerprint density at radius 2 is 1.70 bits per heavy atom. The van der Waals surface area contributed by atoms with Gasteiger partial charge in [-0.05, 0) is 62.2 Å². The number of hydrogen-bond acceptors (Lipinski definition) is 3. The van der Waals surface area contributed by atoms with Gasteiger partial charge in [0.05, 0.1) is 12.6 Å². The van der Waals surface area contributed by atoms with Gasteiger partial charge in [-0.1, -0.05) is 49.4 Å². The average molecular weight is 443 g/mol. The van der Waals surface area contributed by atoms with Gasteiger partial charge in [0, 0.05) is 29.4 Å². The molecule has 0 aliphatic carbocycles. The first-order chi connectivity index (χ1) is 16.0. The largest absolute Gasteiger partial charge is 0.494 e. The zero-order valence-electron chi connectivity index (χ0n) is 19.4. The summed E-state index contributed by atoms with van der Waals surface area (Å²) in [5, 5.41) is 0. The van der Waals surface area contributed by atoms with E-state index in [4.69, 9.17) is 4.74 Å². The summed E-state index contributed by atoms with van der Waals surface area (Å²) in [5.41, 5.74) is 3.29. The summed E-state index contributed by atoms with van der Waals surface area (Å²) in [6.07, 6.45) is 1.06. The molecule has 170 valence electrons. The predicted molar refractivity (Wildman–Crippen MR) is 132 cm³/mol. The van der Waals surface area contributed by atoms with Gasteiger partial charge in [-0.2, -0.15) is 0 Å². The van der Waals surface area contributed by atoms with Crippen LogP contribution in [-0.2, 0) is 4.79 Å². The minimum Gasteiger partial charge on any atom is -0.494 e. The standard InChI is InChI=1S/C28H30N2O3/c1-4-27(31)30(22-13-7-6-8-14-22)26-18-20(3)29(25-17-10-9-16-24(25)26)28(32)21-12-11-15-23(19-21)33-5-2/h6-17,19-20,26H,4-5,18H2,1-3H3. The maximum atomic E-state index is 13.7. The van der Waals surface area contributed by atoms with E-state index in [1.807, 2.05) is 103 Å². The minimum absolute atomic E-state index is 0.0666. The summed E-state index contributed by atoms with van der Waals surface area (Å²) in [6, 6.07) is 24.8. The fourth-order valence-electron chi connectivity index (χ4n) is 4.62. The SMILES string of the molecule is CCOc1cccc(C(=O)N2c3ccccc3C(N(C(=O)CC)c3ccccc3)CC2C)c1. The molecule has 2 amide bonds. The second-order valence-corrected chi connectivity index (χ2v) is 8.25. The molecule has 1 aliphatic rings. The van der Waals surface area contributed by atoms with Gasteiger partial charge in [-0.15, -0.1) is 0 Å². The van der Waals surface area contributed by atoms with E-state index in [1.54, 1.807) is 6.07 Å². The molecule has 0 bridgehead atoms. The molecule has 2 unspecified atom stereocenters. The summed E-state index contributed by atoms with van der Waals surface area (Å²) >= 11 is 0. The fraction of sp³-hybridized carbons (Fsp3) is 0.286. The van der Waals surface area contributed by atoms with Gasteiger partial charge < -0.3 is 14.5 Å². The first-order valence-electron chi connectivity index (χ1n) is 11.6. The third-order valence-corrected chi connectivity index (χ3v) is 6.09. The molecule has 5 heteroatoms. The number of rotatable bonds is 6. The number of carbonyl (C=O) groups excluding carboxylic acids is 2. The number of ether oxygens (including phenoxy) is 1. The van der Waals surface area contributed by atoms with Crippen LogP contribution in [0.5, 0.6) is 5.75 Å². The number of fused-ring (bicyclic) bond motifs is 1. The van der Waals surface area contributed by atoms with Crippen molar-refractivity contribution in [3.63, 3.8) is 0 Å². The van der Waals surface area contributed by atoms with Crippen molar-refractivity contribution in [2.24, 2.45) is 0 Å². The number of amides is 2. The Morgan fingerprint density at radius 1 is 0.970 bits per heavy atom. The third-order valence-electron chi connectivity index (χ3n) is 6.09. The first kappa shape index (κ1) is 22.6. The lowest BCUT2D eigenvalue weighted by Crippen LogP contribution is -2.47. The Balaban J connectivity index is 1.76. The molecule has 3 aromatic rings.